The molecule has 3 heterocycles. The van der Waals surface area contributed by atoms with E-state index in [1.807, 2.05) is 18.2 Å². The number of rotatable bonds is 12. The maximum atomic E-state index is 6.47. The highest BCUT2D eigenvalue weighted by atomic mass is 16.3. The van der Waals surface area contributed by atoms with Gasteiger partial charge in [-0.1, -0.05) is 160 Å². The van der Waals surface area contributed by atoms with Crippen LogP contribution in [0.1, 0.15) is 50.7 Å². The van der Waals surface area contributed by atoms with Gasteiger partial charge in [-0.25, -0.2) is 15.0 Å². The van der Waals surface area contributed by atoms with Crippen molar-refractivity contribution in [3.8, 4) is 62.1 Å². The summed E-state index contributed by atoms with van der Waals surface area (Å²) in [5, 5.41) is 4.79. The van der Waals surface area contributed by atoms with Crippen LogP contribution in [-0.2, 0) is 12.8 Å². The third kappa shape index (κ3) is 7.33. The minimum Gasteiger partial charge on any atom is -0.456 e. The summed E-state index contributed by atoms with van der Waals surface area (Å²) in [5.41, 5.74) is 15.4. The standard InChI is InChI=1S/C59H48N4O/c1-3-5-15-39-27-29-42(30-28-39)58-60-57(41-17-8-7-9-18-41)61-59(62-58)47-22-12-20-43(35-47)44-21-13-23-48(36-44)63-53-26-11-10-24-49(53)51-37-45(31-33-54(51)63)46-32-34-55-52(38-46)50-25-14-19-40(16-6-4-2)56(50)64-55/h7-14,17-38H,3-6,15-16H2,1-2H3. The van der Waals surface area contributed by atoms with Crippen LogP contribution in [0.2, 0.25) is 0 Å². The normalized spacial score (nSPS) is 11.7. The smallest absolute Gasteiger partial charge is 0.164 e. The fraction of sp³-hybridized carbons (Fsp3) is 0.136. The first-order valence-electron chi connectivity index (χ1n) is 22.7. The van der Waals surface area contributed by atoms with Crippen molar-refractivity contribution in [2.24, 2.45) is 0 Å². The van der Waals surface area contributed by atoms with Gasteiger partial charge in [0, 0.05) is 43.9 Å². The van der Waals surface area contributed by atoms with Gasteiger partial charge < -0.3 is 8.98 Å². The van der Waals surface area contributed by atoms with Gasteiger partial charge in [-0.05, 0) is 108 Å². The van der Waals surface area contributed by atoms with Gasteiger partial charge in [0.05, 0.1) is 11.0 Å². The molecule has 8 aromatic carbocycles. The summed E-state index contributed by atoms with van der Waals surface area (Å²) < 4.78 is 8.86. The summed E-state index contributed by atoms with van der Waals surface area (Å²) in [4.78, 5) is 15.1. The van der Waals surface area contributed by atoms with Crippen LogP contribution in [0.15, 0.2) is 186 Å². The molecule has 0 unspecified atom stereocenters. The van der Waals surface area contributed by atoms with Crippen LogP contribution >= 0.6 is 0 Å². The van der Waals surface area contributed by atoms with Gasteiger partial charge in [0.15, 0.2) is 17.5 Å². The second-order valence-electron chi connectivity index (χ2n) is 16.9. The molecule has 5 nitrogen and oxygen atoms in total. The first-order valence-corrected chi connectivity index (χ1v) is 22.7. The topological polar surface area (TPSA) is 56.7 Å². The molecule has 0 N–H and O–H groups in total. The van der Waals surface area contributed by atoms with Crippen molar-refractivity contribution in [3.63, 3.8) is 0 Å². The zero-order valence-corrected chi connectivity index (χ0v) is 36.3. The van der Waals surface area contributed by atoms with Gasteiger partial charge in [0.2, 0.25) is 0 Å². The molecule has 11 aromatic rings. The monoisotopic (exact) mass is 828 g/mol. The van der Waals surface area contributed by atoms with Crippen LogP contribution < -0.4 is 0 Å². The number of fused-ring (bicyclic) bond motifs is 6. The Bertz CT molecular complexity index is 3470. The van der Waals surface area contributed by atoms with Gasteiger partial charge in [0.1, 0.15) is 11.2 Å². The van der Waals surface area contributed by atoms with E-state index in [9.17, 15) is 0 Å². The van der Waals surface area contributed by atoms with E-state index in [0.717, 1.165) is 81.3 Å². The van der Waals surface area contributed by atoms with Gasteiger partial charge in [-0.15, -0.1) is 0 Å². The molecule has 11 rings (SSSR count). The van der Waals surface area contributed by atoms with Crippen molar-refractivity contribution < 1.29 is 4.42 Å². The Balaban J connectivity index is 0.963. The number of aromatic nitrogens is 4. The van der Waals surface area contributed by atoms with E-state index in [1.54, 1.807) is 0 Å². The molecule has 0 aliphatic rings. The molecule has 0 saturated heterocycles. The highest BCUT2D eigenvalue weighted by Gasteiger charge is 2.17. The summed E-state index contributed by atoms with van der Waals surface area (Å²) in [6.07, 6.45) is 6.77. The van der Waals surface area contributed by atoms with Crippen LogP contribution in [0.5, 0.6) is 0 Å². The maximum absolute atomic E-state index is 6.47. The van der Waals surface area contributed by atoms with Crippen LogP contribution in [0.25, 0.3) is 106 Å². The predicted octanol–water partition coefficient (Wildman–Crippen LogP) is 15.9. The van der Waals surface area contributed by atoms with Crippen molar-refractivity contribution >= 4 is 43.7 Å². The van der Waals surface area contributed by atoms with Crippen molar-refractivity contribution in [1.82, 2.24) is 19.5 Å². The zero-order valence-electron chi connectivity index (χ0n) is 36.3. The molecule has 0 saturated carbocycles. The molecule has 64 heavy (non-hydrogen) atoms. The highest BCUT2D eigenvalue weighted by molar-refractivity contribution is 6.11. The van der Waals surface area contributed by atoms with Crippen LogP contribution in [0.3, 0.4) is 0 Å². The molecular formula is C59H48N4O. The Morgan fingerprint density at radius 1 is 0.406 bits per heavy atom. The molecule has 0 amide bonds. The van der Waals surface area contributed by atoms with Crippen molar-refractivity contribution in [3.05, 3.63) is 193 Å². The number of para-hydroxylation sites is 2. The lowest BCUT2D eigenvalue weighted by Crippen LogP contribution is -2.00. The van der Waals surface area contributed by atoms with E-state index in [-0.39, 0.29) is 0 Å². The first-order chi connectivity index (χ1) is 31.6. The van der Waals surface area contributed by atoms with E-state index >= 15 is 0 Å². The fourth-order valence-electron chi connectivity index (χ4n) is 9.25. The number of nitrogens with zero attached hydrogens (tertiary/aromatic N) is 4. The predicted molar refractivity (Wildman–Crippen MR) is 266 cm³/mol. The number of aryl methyl sites for hydroxylation is 2. The second kappa shape index (κ2) is 16.9. The largest absolute Gasteiger partial charge is 0.456 e. The SMILES string of the molecule is CCCCc1ccc(-c2nc(-c3ccccc3)nc(-c3cccc(-c4cccc(-n5c6ccccc6c6cc(-c7ccc8oc9c(CCCC)cccc9c8c7)ccc65)c4)c3)n2)cc1. The Labute approximate surface area is 373 Å². The molecule has 310 valence electrons. The summed E-state index contributed by atoms with van der Waals surface area (Å²) in [6, 6.07) is 65.1. The summed E-state index contributed by atoms with van der Waals surface area (Å²) in [6.45, 7) is 4.47. The van der Waals surface area contributed by atoms with Crippen molar-refractivity contribution in [2.45, 2.75) is 52.4 Å². The van der Waals surface area contributed by atoms with E-state index in [4.69, 9.17) is 19.4 Å². The molecule has 3 aromatic heterocycles. The fourth-order valence-corrected chi connectivity index (χ4v) is 9.25. The maximum Gasteiger partial charge on any atom is 0.164 e. The number of hydrogen-bond donors (Lipinski definition) is 0. The van der Waals surface area contributed by atoms with Gasteiger partial charge >= 0.3 is 0 Å². The molecule has 0 spiro atoms. The number of furan rings is 1. The lowest BCUT2D eigenvalue weighted by molar-refractivity contribution is 0.658. The molecule has 5 heteroatoms. The number of unbranched alkanes of at least 4 members (excludes halogenated alkanes) is 2. The summed E-state index contributed by atoms with van der Waals surface area (Å²) in [5.74, 6) is 1.97. The van der Waals surface area contributed by atoms with E-state index in [1.165, 1.54) is 56.8 Å². The van der Waals surface area contributed by atoms with Gasteiger partial charge in [-0.2, -0.15) is 0 Å². The molecule has 0 fully saturated rings. The molecule has 0 aliphatic carbocycles. The Hall–Kier alpha value is -7.63. The van der Waals surface area contributed by atoms with Gasteiger partial charge in [0.25, 0.3) is 0 Å². The van der Waals surface area contributed by atoms with E-state index < -0.39 is 0 Å². The highest BCUT2D eigenvalue weighted by Crippen LogP contribution is 2.39. The van der Waals surface area contributed by atoms with Crippen LogP contribution in [0, 0.1) is 0 Å². The lowest BCUT2D eigenvalue weighted by Gasteiger charge is -2.12. The van der Waals surface area contributed by atoms with Crippen molar-refractivity contribution in [2.75, 3.05) is 0 Å². The average molecular weight is 829 g/mol. The van der Waals surface area contributed by atoms with Crippen LogP contribution in [-0.4, -0.2) is 19.5 Å². The Kier molecular flexibility index (Phi) is 10.4. The average Bonchev–Trinajstić information content (AvgIpc) is 3.91. The second-order valence-corrected chi connectivity index (χ2v) is 16.9. The minimum atomic E-state index is 0.645. The third-order valence-electron chi connectivity index (χ3n) is 12.6. The summed E-state index contributed by atoms with van der Waals surface area (Å²) >= 11 is 0. The van der Waals surface area contributed by atoms with E-state index in [2.05, 4.69) is 182 Å². The quantitative estimate of drug-likeness (QED) is 0.123. The van der Waals surface area contributed by atoms with Crippen molar-refractivity contribution in [1.29, 1.82) is 0 Å². The first kappa shape index (κ1) is 39.2. The lowest BCUT2D eigenvalue weighted by atomic mass is 9.99. The number of benzene rings is 8. The third-order valence-corrected chi connectivity index (χ3v) is 12.6. The molecule has 0 radical (unpaired) electrons. The minimum absolute atomic E-state index is 0.645. The Morgan fingerprint density at radius 2 is 0.969 bits per heavy atom. The molecule has 0 atom stereocenters. The molecule has 0 aliphatic heterocycles. The zero-order chi connectivity index (χ0) is 43.0. The Morgan fingerprint density at radius 3 is 1.77 bits per heavy atom. The molecule has 0 bridgehead atoms. The van der Waals surface area contributed by atoms with Gasteiger partial charge in [-0.3, -0.25) is 0 Å². The number of hydrogen-bond acceptors (Lipinski definition) is 4. The molecular weight excluding hydrogens is 781 g/mol. The van der Waals surface area contributed by atoms with E-state index in [0.29, 0.717) is 17.5 Å². The van der Waals surface area contributed by atoms with Crippen LogP contribution in [0.4, 0.5) is 0 Å². The summed E-state index contributed by atoms with van der Waals surface area (Å²) in [7, 11) is 0.